The zero-order valence-electron chi connectivity index (χ0n) is 10.2. The second-order valence-electron chi connectivity index (χ2n) is 3.53. The Balaban J connectivity index is 0. The Morgan fingerprint density at radius 3 is 2.25 bits per heavy atom. The van der Waals surface area contributed by atoms with E-state index < -0.39 is 5.69 Å². The van der Waals surface area contributed by atoms with Gasteiger partial charge in [-0.15, -0.1) is 11.4 Å². The third kappa shape index (κ3) is 13.8. The third-order valence-corrected chi connectivity index (χ3v) is 6.36. The van der Waals surface area contributed by atoms with Crippen LogP contribution < -0.4 is 4.89 Å². The van der Waals surface area contributed by atoms with Gasteiger partial charge in [-0.25, -0.2) is 0 Å². The molecule has 1 unspecified atom stereocenters. The first-order chi connectivity index (χ1) is 7.12. The van der Waals surface area contributed by atoms with Gasteiger partial charge in [0.2, 0.25) is 0 Å². The van der Waals surface area contributed by atoms with Gasteiger partial charge in [-0.1, -0.05) is 51.3 Å². The van der Waals surface area contributed by atoms with E-state index in [-0.39, 0.29) is 24.4 Å². The molecule has 97 valence electrons. The van der Waals surface area contributed by atoms with Crippen LogP contribution in [0.5, 0.6) is 0 Å². The van der Waals surface area contributed by atoms with Gasteiger partial charge in [0, 0.05) is 30.1 Å². The fourth-order valence-corrected chi connectivity index (χ4v) is 4.48. The van der Waals surface area contributed by atoms with Crippen molar-refractivity contribution in [1.29, 1.82) is 0 Å². The maximum absolute atomic E-state index is 11.7. The average Bonchev–Trinajstić information content (AvgIpc) is 2.20. The van der Waals surface area contributed by atoms with Crippen molar-refractivity contribution in [2.75, 3.05) is 12.4 Å². The standard InChI is InChI=1S/C10H23O2PS2.Sb/c1-3-5-7-9-12-13(11,14)15-10-8-6-4-2;/h3-10H2,1-2H3,(H,11,14);/p-1. The van der Waals surface area contributed by atoms with Crippen LogP contribution in [0, 0.1) is 0 Å². The van der Waals surface area contributed by atoms with Crippen molar-refractivity contribution < 1.29 is 9.42 Å². The van der Waals surface area contributed by atoms with Crippen LogP contribution in [0.15, 0.2) is 0 Å². The molecule has 6 heteroatoms. The Bertz CT molecular complexity index is 178. The summed E-state index contributed by atoms with van der Waals surface area (Å²) >= 11 is 6.26. The van der Waals surface area contributed by atoms with E-state index in [0.29, 0.717) is 6.61 Å². The Labute approximate surface area is 127 Å². The molecule has 0 aromatic heterocycles. The van der Waals surface area contributed by atoms with Crippen LogP contribution in [-0.2, 0) is 16.3 Å². The van der Waals surface area contributed by atoms with E-state index in [2.05, 4.69) is 13.8 Å². The zero-order valence-corrected chi connectivity index (χ0v) is 15.3. The zero-order chi connectivity index (χ0) is 11.6. The molecule has 0 saturated carbocycles. The fourth-order valence-electron chi connectivity index (χ4n) is 1.09. The predicted octanol–water partition coefficient (Wildman–Crippen LogP) is 3.32. The first kappa shape index (κ1) is 20.1. The summed E-state index contributed by atoms with van der Waals surface area (Å²) < 4.78 is 5.25. The first-order valence-corrected chi connectivity index (χ1v) is 9.95. The summed E-state index contributed by atoms with van der Waals surface area (Å²) in [5, 5.41) is 0. The van der Waals surface area contributed by atoms with E-state index in [1.807, 2.05) is 0 Å². The second kappa shape index (κ2) is 13.2. The molecule has 3 radical (unpaired) electrons. The molecule has 0 aromatic rings. The minimum Gasteiger partial charge on any atom is -0.793 e. The molecule has 0 saturated heterocycles. The summed E-state index contributed by atoms with van der Waals surface area (Å²) in [4.78, 5) is 11.7. The molecule has 0 aliphatic heterocycles. The normalized spacial score (nSPS) is 14.2. The van der Waals surface area contributed by atoms with Gasteiger partial charge in [0.05, 0.1) is 6.61 Å². The molecule has 0 spiro atoms. The quantitative estimate of drug-likeness (QED) is 0.325. The van der Waals surface area contributed by atoms with Crippen molar-refractivity contribution in [3.63, 3.8) is 0 Å². The Kier molecular flexibility index (Phi) is 16.5. The molecule has 2 nitrogen and oxygen atoms in total. The topological polar surface area (TPSA) is 32.3 Å². The van der Waals surface area contributed by atoms with Gasteiger partial charge in [-0.2, -0.15) is 0 Å². The van der Waals surface area contributed by atoms with Gasteiger partial charge >= 0.3 is 0 Å². The fraction of sp³-hybridized carbons (Fsp3) is 1.00. The maximum atomic E-state index is 11.7. The van der Waals surface area contributed by atoms with Crippen molar-refractivity contribution in [1.82, 2.24) is 0 Å². The summed E-state index contributed by atoms with van der Waals surface area (Å²) in [5.74, 6) is 0.863. The molecular weight excluding hydrogens is 369 g/mol. The van der Waals surface area contributed by atoms with E-state index in [9.17, 15) is 4.89 Å². The second-order valence-corrected chi connectivity index (χ2v) is 9.70. The van der Waals surface area contributed by atoms with E-state index in [1.54, 1.807) is 0 Å². The molecule has 0 aliphatic rings. The predicted molar refractivity (Wildman–Crippen MR) is 77.5 cm³/mol. The minimum absolute atomic E-state index is 0. The van der Waals surface area contributed by atoms with Gasteiger partial charge < -0.3 is 9.42 Å². The van der Waals surface area contributed by atoms with Gasteiger partial charge in [0.25, 0.3) is 0 Å². The summed E-state index contributed by atoms with van der Waals surface area (Å²) in [6.07, 6.45) is 6.68. The monoisotopic (exact) mass is 390 g/mol. The summed E-state index contributed by atoms with van der Waals surface area (Å²) in [5.41, 5.74) is -2.77. The number of rotatable bonds is 10. The summed E-state index contributed by atoms with van der Waals surface area (Å²) in [7, 11) is 0. The Hall–Kier alpha value is 1.74. The molecule has 0 N–H and O–H groups in total. The number of unbranched alkanes of at least 4 members (excludes halogenated alkanes) is 4. The molecule has 0 aliphatic carbocycles. The van der Waals surface area contributed by atoms with E-state index in [0.717, 1.165) is 31.4 Å². The van der Waals surface area contributed by atoms with Crippen molar-refractivity contribution >= 4 is 53.3 Å². The smallest absolute Gasteiger partial charge is 0.0513 e. The van der Waals surface area contributed by atoms with E-state index in [4.69, 9.17) is 16.3 Å². The van der Waals surface area contributed by atoms with Crippen LogP contribution in [-0.4, -0.2) is 36.8 Å². The Morgan fingerprint density at radius 1 is 1.12 bits per heavy atom. The van der Waals surface area contributed by atoms with Crippen molar-refractivity contribution in [2.24, 2.45) is 0 Å². The SMILES string of the molecule is CCCCCOP([O-])(=S)SCCCCC.[Sb]. The molecule has 16 heavy (non-hydrogen) atoms. The van der Waals surface area contributed by atoms with Crippen LogP contribution >= 0.6 is 17.1 Å². The minimum atomic E-state index is -2.77. The molecule has 0 bridgehead atoms. The van der Waals surface area contributed by atoms with E-state index in [1.165, 1.54) is 24.2 Å². The third-order valence-electron chi connectivity index (χ3n) is 1.99. The van der Waals surface area contributed by atoms with Crippen molar-refractivity contribution in [2.45, 2.75) is 52.4 Å². The van der Waals surface area contributed by atoms with Crippen LogP contribution in [0.3, 0.4) is 0 Å². The van der Waals surface area contributed by atoms with Gasteiger partial charge in [-0.05, 0) is 18.6 Å². The van der Waals surface area contributed by atoms with Crippen LogP contribution in [0.2, 0.25) is 0 Å². The molecule has 1 atom stereocenters. The molecule has 0 rings (SSSR count). The molecule has 0 heterocycles. The molecule has 0 fully saturated rings. The van der Waals surface area contributed by atoms with Crippen LogP contribution in [0.25, 0.3) is 0 Å². The molecule has 0 amide bonds. The van der Waals surface area contributed by atoms with Crippen molar-refractivity contribution in [3.8, 4) is 0 Å². The Morgan fingerprint density at radius 2 is 1.69 bits per heavy atom. The van der Waals surface area contributed by atoms with Gasteiger partial charge in [0.1, 0.15) is 0 Å². The summed E-state index contributed by atoms with van der Waals surface area (Å²) in [6.45, 7) is 4.83. The number of hydrogen-bond acceptors (Lipinski definition) is 4. The van der Waals surface area contributed by atoms with Gasteiger partial charge in [-0.3, -0.25) is 0 Å². The number of hydrogen-bond donors (Lipinski definition) is 0. The maximum Gasteiger partial charge on any atom is 0.0513 e. The van der Waals surface area contributed by atoms with Crippen LogP contribution in [0.1, 0.15) is 52.4 Å². The first-order valence-electron chi connectivity index (χ1n) is 5.72. The molecular formula is C10H22O2PS2Sb-. The molecule has 0 aromatic carbocycles. The van der Waals surface area contributed by atoms with Gasteiger partial charge in [0.15, 0.2) is 0 Å². The van der Waals surface area contributed by atoms with Crippen LogP contribution in [0.4, 0.5) is 0 Å². The largest absolute Gasteiger partial charge is 0.793 e. The average molecular weight is 391 g/mol. The van der Waals surface area contributed by atoms with Crippen molar-refractivity contribution in [3.05, 3.63) is 0 Å². The van der Waals surface area contributed by atoms with E-state index >= 15 is 0 Å². The summed E-state index contributed by atoms with van der Waals surface area (Å²) in [6, 6.07) is 0.